The van der Waals surface area contributed by atoms with E-state index in [9.17, 15) is 13.2 Å². The highest BCUT2D eigenvalue weighted by Crippen LogP contribution is 2.30. The van der Waals surface area contributed by atoms with Gasteiger partial charge in [-0.1, -0.05) is 18.9 Å². The van der Waals surface area contributed by atoms with Crippen molar-refractivity contribution in [3.05, 3.63) is 29.3 Å². The second kappa shape index (κ2) is 8.15. The van der Waals surface area contributed by atoms with Gasteiger partial charge in [-0.15, -0.1) is 0 Å². The zero-order chi connectivity index (χ0) is 19.7. The lowest BCUT2D eigenvalue weighted by Crippen LogP contribution is -2.44. The Morgan fingerprint density at radius 1 is 1.04 bits per heavy atom. The summed E-state index contributed by atoms with van der Waals surface area (Å²) in [4.78, 5) is 15.1. The Morgan fingerprint density at radius 3 is 2.43 bits per heavy atom. The predicted molar refractivity (Wildman–Crippen MR) is 110 cm³/mol. The molecule has 0 atom stereocenters. The smallest absolute Gasteiger partial charge is 0.243 e. The molecule has 5 nitrogen and oxygen atoms in total. The molecule has 28 heavy (non-hydrogen) atoms. The van der Waals surface area contributed by atoms with Gasteiger partial charge in [-0.25, -0.2) is 8.42 Å². The number of sulfonamides is 1. The number of fused-ring (bicyclic) bond motifs is 1. The molecule has 1 amide bonds. The van der Waals surface area contributed by atoms with E-state index >= 15 is 0 Å². The monoisotopic (exact) mass is 404 g/mol. The van der Waals surface area contributed by atoms with E-state index in [2.05, 4.69) is 0 Å². The standard InChI is InChI=1S/C22H32N2O3S/c1-23(16-17-5-2-3-6-17)22(25)19-11-13-24(14-12-19)28(26,27)21-10-9-18-7-4-8-20(18)15-21/h9-10,15,17,19H,2-8,11-14,16H2,1H3. The van der Waals surface area contributed by atoms with Crippen LogP contribution < -0.4 is 0 Å². The lowest BCUT2D eigenvalue weighted by molar-refractivity contribution is -0.135. The van der Waals surface area contributed by atoms with Crippen LogP contribution >= 0.6 is 0 Å². The molecule has 1 saturated heterocycles. The molecule has 1 saturated carbocycles. The van der Waals surface area contributed by atoms with E-state index in [1.54, 1.807) is 10.4 Å². The first kappa shape index (κ1) is 19.9. The van der Waals surface area contributed by atoms with Gasteiger partial charge in [-0.3, -0.25) is 4.79 Å². The SMILES string of the molecule is CN(CC1CCCC1)C(=O)C1CCN(S(=O)(=O)c2ccc3c(c2)CCC3)CC1. The third kappa shape index (κ3) is 3.99. The van der Waals surface area contributed by atoms with E-state index in [0.717, 1.165) is 25.8 Å². The van der Waals surface area contributed by atoms with Crippen molar-refractivity contribution in [1.29, 1.82) is 0 Å². The van der Waals surface area contributed by atoms with Gasteiger partial charge in [0.2, 0.25) is 15.9 Å². The minimum atomic E-state index is -3.46. The molecule has 0 bridgehead atoms. The largest absolute Gasteiger partial charge is 0.345 e. The van der Waals surface area contributed by atoms with E-state index < -0.39 is 10.0 Å². The van der Waals surface area contributed by atoms with Gasteiger partial charge in [0.25, 0.3) is 0 Å². The number of hydrogen-bond acceptors (Lipinski definition) is 3. The number of aryl methyl sites for hydroxylation is 2. The zero-order valence-electron chi connectivity index (χ0n) is 16.9. The normalized spacial score (nSPS) is 21.8. The Labute approximate surface area is 169 Å². The number of carbonyl (C=O) groups is 1. The van der Waals surface area contributed by atoms with Crippen LogP contribution in [0, 0.1) is 11.8 Å². The molecule has 6 heteroatoms. The number of nitrogens with zero attached hydrogens (tertiary/aromatic N) is 2. The first-order chi connectivity index (χ1) is 13.4. The van der Waals surface area contributed by atoms with Gasteiger partial charge in [-0.05, 0) is 74.1 Å². The van der Waals surface area contributed by atoms with Crippen molar-refractivity contribution < 1.29 is 13.2 Å². The fraction of sp³-hybridized carbons (Fsp3) is 0.682. The minimum absolute atomic E-state index is 0.0436. The number of benzene rings is 1. The third-order valence-corrected chi connectivity index (χ3v) is 8.79. The van der Waals surface area contributed by atoms with Gasteiger partial charge >= 0.3 is 0 Å². The molecule has 1 aromatic rings. The van der Waals surface area contributed by atoms with E-state index in [1.807, 2.05) is 24.1 Å². The maximum absolute atomic E-state index is 13.1. The Balaban J connectivity index is 1.36. The van der Waals surface area contributed by atoms with Gasteiger partial charge in [-0.2, -0.15) is 4.31 Å². The topological polar surface area (TPSA) is 57.7 Å². The highest BCUT2D eigenvalue weighted by Gasteiger charge is 2.34. The molecular weight excluding hydrogens is 372 g/mol. The van der Waals surface area contributed by atoms with Crippen LogP contribution in [-0.4, -0.2) is 50.2 Å². The molecule has 4 rings (SSSR count). The van der Waals surface area contributed by atoms with Crippen LogP contribution in [0.25, 0.3) is 0 Å². The summed E-state index contributed by atoms with van der Waals surface area (Å²) in [5.41, 5.74) is 2.47. The molecule has 154 valence electrons. The molecule has 0 unspecified atom stereocenters. The van der Waals surface area contributed by atoms with Crippen LogP contribution in [0.5, 0.6) is 0 Å². The van der Waals surface area contributed by atoms with Gasteiger partial charge in [0.15, 0.2) is 0 Å². The number of piperidine rings is 1. The van der Waals surface area contributed by atoms with Crippen LogP contribution in [0.3, 0.4) is 0 Å². The number of amides is 1. The van der Waals surface area contributed by atoms with Gasteiger partial charge < -0.3 is 4.90 Å². The second-order valence-electron chi connectivity index (χ2n) is 8.83. The van der Waals surface area contributed by atoms with Crippen LogP contribution in [0.2, 0.25) is 0 Å². The molecule has 1 aromatic carbocycles. The van der Waals surface area contributed by atoms with Crippen LogP contribution in [-0.2, 0) is 27.7 Å². The summed E-state index contributed by atoms with van der Waals surface area (Å²) in [5, 5.41) is 0. The maximum Gasteiger partial charge on any atom is 0.243 e. The summed E-state index contributed by atoms with van der Waals surface area (Å²) in [6.07, 6.45) is 9.42. The van der Waals surface area contributed by atoms with Crippen LogP contribution in [0.15, 0.2) is 23.1 Å². The average molecular weight is 405 g/mol. The third-order valence-electron chi connectivity index (χ3n) is 6.89. The van der Waals surface area contributed by atoms with Crippen molar-refractivity contribution >= 4 is 15.9 Å². The molecular formula is C22H32N2O3S. The van der Waals surface area contributed by atoms with Gasteiger partial charge in [0, 0.05) is 32.6 Å². The molecule has 0 N–H and O–H groups in total. The maximum atomic E-state index is 13.1. The summed E-state index contributed by atoms with van der Waals surface area (Å²) in [6.45, 7) is 1.73. The molecule has 1 aliphatic heterocycles. The molecule has 3 aliphatic rings. The van der Waals surface area contributed by atoms with Crippen molar-refractivity contribution in [2.24, 2.45) is 11.8 Å². The Kier molecular flexibility index (Phi) is 5.79. The van der Waals surface area contributed by atoms with Gasteiger partial charge in [0.05, 0.1) is 4.90 Å². The molecule has 0 radical (unpaired) electrons. The van der Waals surface area contributed by atoms with Crippen LogP contribution in [0.4, 0.5) is 0 Å². The van der Waals surface area contributed by atoms with E-state index in [1.165, 1.54) is 36.8 Å². The van der Waals surface area contributed by atoms with E-state index in [0.29, 0.717) is 36.7 Å². The Morgan fingerprint density at radius 2 is 1.71 bits per heavy atom. The van der Waals surface area contributed by atoms with E-state index in [4.69, 9.17) is 0 Å². The fourth-order valence-corrected chi connectivity index (χ4v) is 6.70. The van der Waals surface area contributed by atoms with Crippen molar-refractivity contribution in [2.75, 3.05) is 26.7 Å². The zero-order valence-corrected chi connectivity index (χ0v) is 17.7. The summed E-state index contributed by atoms with van der Waals surface area (Å²) < 4.78 is 27.7. The predicted octanol–water partition coefficient (Wildman–Crippen LogP) is 3.22. The first-order valence-electron chi connectivity index (χ1n) is 10.8. The lowest BCUT2D eigenvalue weighted by Gasteiger charge is -2.33. The number of hydrogen-bond donors (Lipinski definition) is 0. The Hall–Kier alpha value is -1.40. The highest BCUT2D eigenvalue weighted by molar-refractivity contribution is 7.89. The quantitative estimate of drug-likeness (QED) is 0.757. The van der Waals surface area contributed by atoms with Crippen LogP contribution in [0.1, 0.15) is 56.1 Å². The molecule has 2 fully saturated rings. The van der Waals surface area contributed by atoms with Gasteiger partial charge in [0.1, 0.15) is 0 Å². The number of rotatable bonds is 5. The fourth-order valence-electron chi connectivity index (χ4n) is 5.18. The average Bonchev–Trinajstić information content (AvgIpc) is 3.38. The first-order valence-corrected chi connectivity index (χ1v) is 12.3. The van der Waals surface area contributed by atoms with E-state index in [-0.39, 0.29) is 11.8 Å². The summed E-state index contributed by atoms with van der Waals surface area (Å²) in [5.74, 6) is 0.800. The van der Waals surface area contributed by atoms with Crippen molar-refractivity contribution in [3.63, 3.8) is 0 Å². The molecule has 0 aromatic heterocycles. The highest BCUT2D eigenvalue weighted by atomic mass is 32.2. The lowest BCUT2D eigenvalue weighted by atomic mass is 9.96. The van der Waals surface area contributed by atoms with Crippen molar-refractivity contribution in [1.82, 2.24) is 9.21 Å². The molecule has 0 spiro atoms. The summed E-state index contributed by atoms with van der Waals surface area (Å²) in [7, 11) is -1.55. The molecule has 2 aliphatic carbocycles. The van der Waals surface area contributed by atoms with Crippen molar-refractivity contribution in [2.45, 2.75) is 62.7 Å². The second-order valence-corrected chi connectivity index (χ2v) is 10.8. The molecule has 1 heterocycles. The minimum Gasteiger partial charge on any atom is -0.345 e. The Bertz CT molecular complexity index is 822. The van der Waals surface area contributed by atoms with Crippen molar-refractivity contribution in [3.8, 4) is 0 Å². The summed E-state index contributed by atoms with van der Waals surface area (Å²) in [6, 6.07) is 5.60. The summed E-state index contributed by atoms with van der Waals surface area (Å²) >= 11 is 0. The number of carbonyl (C=O) groups excluding carboxylic acids is 1.